The zero-order chi connectivity index (χ0) is 20.2. The van der Waals surface area contributed by atoms with Gasteiger partial charge in [0.05, 0.1) is 0 Å². The van der Waals surface area contributed by atoms with E-state index >= 15 is 0 Å². The lowest BCUT2D eigenvalue weighted by molar-refractivity contribution is 0.108. The van der Waals surface area contributed by atoms with Crippen LogP contribution in [-0.2, 0) is 0 Å². The largest absolute Gasteiger partial charge is 0.282 e. The number of benzene rings is 1. The number of carbonyl (C=O) groups excluding carboxylic acids is 1. The molecule has 2 heteroatoms. The fourth-order valence-corrected chi connectivity index (χ4v) is 3.99. The van der Waals surface area contributed by atoms with Crippen molar-refractivity contribution in [2.24, 2.45) is 0 Å². The van der Waals surface area contributed by atoms with Crippen LogP contribution in [0.15, 0.2) is 23.8 Å². The molecular formula is C24H38OS. The van der Waals surface area contributed by atoms with Crippen molar-refractivity contribution in [3.05, 3.63) is 46.0 Å². The van der Waals surface area contributed by atoms with Crippen molar-refractivity contribution in [2.75, 3.05) is 0 Å². The minimum atomic E-state index is -0.104. The van der Waals surface area contributed by atoms with Crippen molar-refractivity contribution < 1.29 is 4.79 Å². The van der Waals surface area contributed by atoms with Crippen LogP contribution in [0, 0.1) is 0 Å². The molecule has 1 nitrogen and oxygen atoms in total. The van der Waals surface area contributed by atoms with Crippen molar-refractivity contribution in [2.45, 2.75) is 98.2 Å². The molecule has 0 amide bonds. The lowest BCUT2D eigenvalue weighted by Crippen LogP contribution is -2.19. The molecule has 0 saturated heterocycles. The van der Waals surface area contributed by atoms with E-state index in [0.717, 1.165) is 12.0 Å². The first-order valence-corrected chi connectivity index (χ1v) is 10.7. The standard InChI is InChI=1S/C24H38OS/c1-15(2)11-12-24(9,10)26-23(25)22-20(17(5)6)13-19(16(3)4)14-21(22)18(7)8/h11,13-14,16-18H,12H2,1-10H3. The zero-order valence-corrected chi connectivity index (χ0v) is 19.3. The highest BCUT2D eigenvalue weighted by Crippen LogP contribution is 2.38. The predicted molar refractivity (Wildman–Crippen MR) is 119 cm³/mol. The maximum absolute atomic E-state index is 13.4. The van der Waals surface area contributed by atoms with E-state index < -0.39 is 0 Å². The molecule has 0 aliphatic carbocycles. The summed E-state index contributed by atoms with van der Waals surface area (Å²) in [5.41, 5.74) is 6.00. The van der Waals surface area contributed by atoms with Crippen LogP contribution in [0.5, 0.6) is 0 Å². The lowest BCUT2D eigenvalue weighted by Gasteiger charge is -2.26. The summed E-state index contributed by atoms with van der Waals surface area (Å²) in [6.45, 7) is 21.8. The molecule has 0 N–H and O–H groups in total. The van der Waals surface area contributed by atoms with Crippen LogP contribution < -0.4 is 0 Å². The van der Waals surface area contributed by atoms with E-state index in [1.807, 2.05) is 0 Å². The molecule has 0 bridgehead atoms. The minimum Gasteiger partial charge on any atom is -0.282 e. The van der Waals surface area contributed by atoms with Gasteiger partial charge in [-0.2, -0.15) is 0 Å². The van der Waals surface area contributed by atoms with Gasteiger partial charge in [0.15, 0.2) is 0 Å². The molecule has 0 radical (unpaired) electrons. The summed E-state index contributed by atoms with van der Waals surface area (Å²) < 4.78 is -0.104. The average molecular weight is 375 g/mol. The van der Waals surface area contributed by atoms with Gasteiger partial charge in [-0.25, -0.2) is 0 Å². The van der Waals surface area contributed by atoms with Crippen LogP contribution >= 0.6 is 11.8 Å². The highest BCUT2D eigenvalue weighted by Gasteiger charge is 2.28. The van der Waals surface area contributed by atoms with Crippen LogP contribution in [0.2, 0.25) is 0 Å². The van der Waals surface area contributed by atoms with Crippen molar-refractivity contribution >= 4 is 16.9 Å². The third-order valence-electron chi connectivity index (χ3n) is 4.71. The first-order valence-electron chi connectivity index (χ1n) is 9.90. The van der Waals surface area contributed by atoms with Crippen LogP contribution in [0.4, 0.5) is 0 Å². The van der Waals surface area contributed by atoms with Gasteiger partial charge >= 0.3 is 0 Å². The first-order chi connectivity index (χ1) is 11.9. The van der Waals surface area contributed by atoms with E-state index in [9.17, 15) is 4.79 Å². The van der Waals surface area contributed by atoms with Crippen molar-refractivity contribution in [3.63, 3.8) is 0 Å². The summed E-state index contributed by atoms with van der Waals surface area (Å²) in [5, 5.41) is 0.222. The quantitative estimate of drug-likeness (QED) is 0.449. The van der Waals surface area contributed by atoms with E-state index in [-0.39, 0.29) is 9.86 Å². The number of hydrogen-bond acceptors (Lipinski definition) is 2. The van der Waals surface area contributed by atoms with E-state index in [2.05, 4.69) is 87.4 Å². The molecule has 0 unspecified atom stereocenters. The molecule has 0 fully saturated rings. The fourth-order valence-electron chi connectivity index (χ4n) is 2.99. The van der Waals surface area contributed by atoms with Gasteiger partial charge in [0.2, 0.25) is 5.12 Å². The van der Waals surface area contributed by atoms with E-state index in [1.165, 1.54) is 34.0 Å². The second-order valence-corrected chi connectivity index (χ2v) is 10.9. The Hall–Kier alpha value is -1.02. The monoisotopic (exact) mass is 374 g/mol. The predicted octanol–water partition coefficient (Wildman–Crippen LogP) is 8.07. The molecule has 0 aliphatic rings. The van der Waals surface area contributed by atoms with Gasteiger partial charge < -0.3 is 0 Å². The van der Waals surface area contributed by atoms with Crippen LogP contribution in [0.3, 0.4) is 0 Å². The number of carbonyl (C=O) groups is 1. The topological polar surface area (TPSA) is 17.1 Å². The van der Waals surface area contributed by atoms with Gasteiger partial charge in [-0.15, -0.1) is 0 Å². The fraction of sp³-hybridized carbons (Fsp3) is 0.625. The average Bonchev–Trinajstić information content (AvgIpc) is 2.50. The smallest absolute Gasteiger partial charge is 0.220 e. The molecule has 26 heavy (non-hydrogen) atoms. The third-order valence-corrected chi connectivity index (χ3v) is 5.82. The Morgan fingerprint density at radius 1 is 0.962 bits per heavy atom. The molecule has 146 valence electrons. The molecule has 1 aromatic rings. The maximum atomic E-state index is 13.4. The van der Waals surface area contributed by atoms with Crippen molar-refractivity contribution in [3.8, 4) is 0 Å². The summed E-state index contributed by atoms with van der Waals surface area (Å²) in [4.78, 5) is 13.4. The van der Waals surface area contributed by atoms with Crippen molar-refractivity contribution in [1.29, 1.82) is 0 Å². The second kappa shape index (κ2) is 9.26. The molecule has 0 heterocycles. The van der Waals surface area contributed by atoms with E-state index in [0.29, 0.717) is 17.8 Å². The van der Waals surface area contributed by atoms with E-state index in [4.69, 9.17) is 0 Å². The Kier molecular flexibility index (Phi) is 8.20. The highest BCUT2D eigenvalue weighted by molar-refractivity contribution is 8.15. The SMILES string of the molecule is CC(C)=CCC(C)(C)SC(=O)c1c(C(C)C)cc(C(C)C)cc1C(C)C. The molecule has 1 rings (SSSR count). The Labute approximate surface area is 166 Å². The number of thioether (sulfide) groups is 1. The highest BCUT2D eigenvalue weighted by atomic mass is 32.2. The molecule has 0 aliphatic heterocycles. The first kappa shape index (κ1) is 23.0. The number of hydrogen-bond donors (Lipinski definition) is 0. The van der Waals surface area contributed by atoms with Crippen LogP contribution in [-0.4, -0.2) is 9.86 Å². The minimum absolute atomic E-state index is 0.104. The summed E-state index contributed by atoms with van der Waals surface area (Å²) in [5.74, 6) is 1.15. The maximum Gasteiger partial charge on any atom is 0.220 e. The van der Waals surface area contributed by atoms with Crippen molar-refractivity contribution in [1.82, 2.24) is 0 Å². The Morgan fingerprint density at radius 3 is 1.77 bits per heavy atom. The summed E-state index contributed by atoms with van der Waals surface area (Å²) in [6.07, 6.45) is 3.14. The summed E-state index contributed by atoms with van der Waals surface area (Å²) in [6, 6.07) is 4.52. The molecule has 0 atom stereocenters. The lowest BCUT2D eigenvalue weighted by atomic mass is 9.85. The Balaban J connectivity index is 3.40. The Bertz CT molecular complexity index is 630. The molecule has 0 aromatic heterocycles. The molecule has 0 spiro atoms. The summed E-state index contributed by atoms with van der Waals surface area (Å²) in [7, 11) is 0. The molecule has 1 aromatic carbocycles. The molecular weight excluding hydrogens is 336 g/mol. The van der Waals surface area contributed by atoms with Crippen LogP contribution in [0.1, 0.15) is 120 Å². The third kappa shape index (κ3) is 6.30. The molecule has 0 saturated carbocycles. The normalized spacial score (nSPS) is 12.2. The van der Waals surface area contributed by atoms with Gasteiger partial charge in [0.25, 0.3) is 0 Å². The van der Waals surface area contributed by atoms with Gasteiger partial charge in [0, 0.05) is 10.3 Å². The zero-order valence-electron chi connectivity index (χ0n) is 18.5. The number of rotatable bonds is 7. The summed E-state index contributed by atoms with van der Waals surface area (Å²) >= 11 is 1.49. The Morgan fingerprint density at radius 2 is 1.42 bits per heavy atom. The second-order valence-electron chi connectivity index (χ2n) is 9.17. The van der Waals surface area contributed by atoms with Gasteiger partial charge in [-0.3, -0.25) is 4.79 Å². The van der Waals surface area contributed by atoms with Crippen LogP contribution in [0.25, 0.3) is 0 Å². The van der Waals surface area contributed by atoms with Gasteiger partial charge in [-0.1, -0.05) is 77.1 Å². The van der Waals surface area contributed by atoms with E-state index in [1.54, 1.807) is 0 Å². The van der Waals surface area contributed by atoms with Gasteiger partial charge in [-0.05, 0) is 68.6 Å². The van der Waals surface area contributed by atoms with Gasteiger partial charge in [0.1, 0.15) is 0 Å². The number of allylic oxidation sites excluding steroid dienone is 2.